The maximum absolute atomic E-state index is 5.99. The van der Waals surface area contributed by atoms with Gasteiger partial charge in [0.2, 0.25) is 0 Å². The Bertz CT molecular complexity index is 691. The number of rotatable bonds is 3. The molecule has 0 saturated carbocycles. The first-order valence-corrected chi connectivity index (χ1v) is 8.34. The topological polar surface area (TPSA) is 38.9 Å². The lowest BCUT2D eigenvalue weighted by atomic mass is 10.3. The van der Waals surface area contributed by atoms with Crippen LogP contribution in [-0.4, -0.2) is 4.98 Å². The van der Waals surface area contributed by atoms with E-state index >= 15 is 0 Å². The molecule has 0 aliphatic carbocycles. The van der Waals surface area contributed by atoms with Crippen molar-refractivity contribution in [1.29, 1.82) is 0 Å². The number of nitrogens with two attached hydrogens (primary N) is 1. The van der Waals surface area contributed by atoms with Crippen LogP contribution in [0.3, 0.4) is 0 Å². The zero-order chi connectivity index (χ0) is 13.2. The normalized spacial score (nSPS) is 11.0. The van der Waals surface area contributed by atoms with Crippen LogP contribution in [0.1, 0.15) is 5.01 Å². The quantitative estimate of drug-likeness (QED) is 0.537. The van der Waals surface area contributed by atoms with Crippen molar-refractivity contribution >= 4 is 54.9 Å². The van der Waals surface area contributed by atoms with Gasteiger partial charge in [-0.25, -0.2) is 4.98 Å². The van der Waals surface area contributed by atoms with Crippen molar-refractivity contribution in [3.05, 3.63) is 51.9 Å². The second-order valence-corrected chi connectivity index (χ2v) is 7.09. The molecule has 0 radical (unpaired) electrons. The maximum Gasteiger partial charge on any atom is 0.104 e. The van der Waals surface area contributed by atoms with Crippen LogP contribution in [0.5, 0.6) is 0 Å². The third-order valence-corrected chi connectivity index (χ3v) is 5.47. The second kappa shape index (κ2) is 5.53. The summed E-state index contributed by atoms with van der Waals surface area (Å²) >= 11 is 6.89. The molecule has 2 N–H and O–H groups in total. The smallest absolute Gasteiger partial charge is 0.104 e. The van der Waals surface area contributed by atoms with Crippen LogP contribution < -0.4 is 5.73 Å². The molecule has 3 aromatic rings. The van der Waals surface area contributed by atoms with Crippen LogP contribution in [0.2, 0.25) is 0 Å². The molecule has 1 aromatic heterocycles. The van der Waals surface area contributed by atoms with Crippen molar-refractivity contribution in [2.45, 2.75) is 10.6 Å². The number of anilines is 1. The van der Waals surface area contributed by atoms with Crippen molar-refractivity contribution in [2.24, 2.45) is 0 Å². The highest BCUT2D eigenvalue weighted by Gasteiger charge is 2.06. The van der Waals surface area contributed by atoms with Crippen molar-refractivity contribution < 1.29 is 0 Å². The predicted octanol–water partition coefficient (Wildman–Crippen LogP) is 4.93. The van der Waals surface area contributed by atoms with Crippen LogP contribution in [0.25, 0.3) is 10.2 Å². The Hall–Kier alpha value is -1.04. The number of nitrogen functional groups attached to an aromatic ring is 1. The Balaban J connectivity index is 1.78. The Morgan fingerprint density at radius 3 is 2.84 bits per heavy atom. The highest BCUT2D eigenvalue weighted by molar-refractivity contribution is 9.10. The maximum atomic E-state index is 5.99. The number of halogens is 1. The van der Waals surface area contributed by atoms with E-state index in [1.54, 1.807) is 23.1 Å². The predicted molar refractivity (Wildman–Crippen MR) is 87.7 cm³/mol. The second-order valence-electron chi connectivity index (χ2n) is 4.05. The molecular weight excluding hydrogens is 340 g/mol. The minimum atomic E-state index is 0.806. The monoisotopic (exact) mass is 350 g/mol. The average Bonchev–Trinajstić information content (AvgIpc) is 2.80. The highest BCUT2D eigenvalue weighted by atomic mass is 79.9. The van der Waals surface area contributed by atoms with E-state index in [1.807, 2.05) is 36.4 Å². The number of para-hydroxylation sites is 1. The Labute approximate surface area is 128 Å². The summed E-state index contributed by atoms with van der Waals surface area (Å²) in [5, 5.41) is 1.13. The molecular formula is C14H11BrN2S2. The van der Waals surface area contributed by atoms with Crippen LogP contribution in [0.4, 0.5) is 5.69 Å². The molecule has 2 nitrogen and oxygen atoms in total. The van der Waals surface area contributed by atoms with Crippen molar-refractivity contribution in [3.63, 3.8) is 0 Å². The molecule has 5 heteroatoms. The number of thiazole rings is 1. The minimum Gasteiger partial charge on any atom is -0.398 e. The van der Waals surface area contributed by atoms with Crippen LogP contribution in [0, 0.1) is 0 Å². The zero-order valence-corrected chi connectivity index (χ0v) is 13.2. The molecule has 0 bridgehead atoms. The number of hydrogen-bond donors (Lipinski definition) is 1. The van der Waals surface area contributed by atoms with E-state index in [0.29, 0.717) is 0 Å². The van der Waals surface area contributed by atoms with Gasteiger partial charge in [0, 0.05) is 15.1 Å². The molecule has 0 unspecified atom stereocenters. The lowest BCUT2D eigenvalue weighted by Crippen LogP contribution is -1.88. The molecule has 0 spiro atoms. The number of benzene rings is 2. The van der Waals surface area contributed by atoms with Gasteiger partial charge < -0.3 is 5.73 Å². The first-order valence-electron chi connectivity index (χ1n) is 5.74. The van der Waals surface area contributed by atoms with E-state index in [9.17, 15) is 0 Å². The summed E-state index contributed by atoms with van der Waals surface area (Å²) in [5.74, 6) is 0.852. The molecule has 0 saturated heterocycles. The van der Waals surface area contributed by atoms with E-state index in [-0.39, 0.29) is 0 Å². The summed E-state index contributed by atoms with van der Waals surface area (Å²) in [6.45, 7) is 0. The van der Waals surface area contributed by atoms with Gasteiger partial charge in [0.1, 0.15) is 5.01 Å². The number of fused-ring (bicyclic) bond motifs is 1. The summed E-state index contributed by atoms with van der Waals surface area (Å²) in [4.78, 5) is 5.72. The minimum absolute atomic E-state index is 0.806. The van der Waals surface area contributed by atoms with E-state index in [2.05, 4.69) is 27.0 Å². The lowest BCUT2D eigenvalue weighted by Gasteiger charge is -2.04. The SMILES string of the molecule is Nc1cc(Br)ccc1SCc1nc2ccccc2s1. The third kappa shape index (κ3) is 2.94. The van der Waals surface area contributed by atoms with Gasteiger partial charge in [0.15, 0.2) is 0 Å². The molecule has 0 aliphatic rings. The fourth-order valence-corrected chi connectivity index (χ4v) is 4.06. The number of hydrogen-bond acceptors (Lipinski definition) is 4. The molecule has 0 atom stereocenters. The molecule has 2 aromatic carbocycles. The van der Waals surface area contributed by atoms with Gasteiger partial charge in [-0.15, -0.1) is 23.1 Å². The van der Waals surface area contributed by atoms with Gasteiger partial charge in [0.05, 0.1) is 16.0 Å². The molecule has 96 valence electrons. The fourth-order valence-electron chi connectivity index (χ4n) is 1.77. The summed E-state index contributed by atoms with van der Waals surface area (Å²) in [7, 11) is 0. The number of aromatic nitrogens is 1. The van der Waals surface area contributed by atoms with Gasteiger partial charge in [0.25, 0.3) is 0 Å². The van der Waals surface area contributed by atoms with Crippen molar-refractivity contribution in [3.8, 4) is 0 Å². The van der Waals surface area contributed by atoms with Gasteiger partial charge in [-0.1, -0.05) is 28.1 Å². The van der Waals surface area contributed by atoms with E-state index in [0.717, 1.165) is 31.3 Å². The summed E-state index contributed by atoms with van der Waals surface area (Å²) in [6.07, 6.45) is 0. The van der Waals surface area contributed by atoms with Crippen molar-refractivity contribution in [1.82, 2.24) is 4.98 Å². The summed E-state index contributed by atoms with van der Waals surface area (Å²) in [6, 6.07) is 14.2. The Morgan fingerprint density at radius 1 is 1.21 bits per heavy atom. The fraction of sp³-hybridized carbons (Fsp3) is 0.0714. The van der Waals surface area contributed by atoms with Crippen LogP contribution in [0.15, 0.2) is 51.8 Å². The van der Waals surface area contributed by atoms with Crippen LogP contribution >= 0.6 is 39.0 Å². The van der Waals surface area contributed by atoms with E-state index < -0.39 is 0 Å². The molecule has 1 heterocycles. The highest BCUT2D eigenvalue weighted by Crippen LogP contribution is 2.32. The van der Waals surface area contributed by atoms with Gasteiger partial charge in [-0.3, -0.25) is 0 Å². The average molecular weight is 351 g/mol. The number of nitrogens with zero attached hydrogens (tertiary/aromatic N) is 1. The standard InChI is InChI=1S/C14H11BrN2S2/c15-9-5-6-12(10(16)7-9)18-8-14-17-11-3-1-2-4-13(11)19-14/h1-7H,8,16H2. The molecule has 0 aliphatic heterocycles. The summed E-state index contributed by atoms with van der Waals surface area (Å²) in [5.41, 5.74) is 7.87. The van der Waals surface area contributed by atoms with Gasteiger partial charge in [-0.05, 0) is 30.3 Å². The summed E-state index contributed by atoms with van der Waals surface area (Å²) < 4.78 is 2.25. The van der Waals surface area contributed by atoms with E-state index in [1.165, 1.54) is 4.70 Å². The zero-order valence-electron chi connectivity index (χ0n) is 9.97. The molecule has 0 fully saturated rings. The largest absolute Gasteiger partial charge is 0.398 e. The lowest BCUT2D eigenvalue weighted by molar-refractivity contribution is 1.30. The Kier molecular flexibility index (Phi) is 3.77. The number of thioether (sulfide) groups is 1. The first-order chi connectivity index (χ1) is 9.22. The first kappa shape index (κ1) is 13.0. The Morgan fingerprint density at radius 2 is 2.05 bits per heavy atom. The molecule has 0 amide bonds. The molecule has 19 heavy (non-hydrogen) atoms. The van der Waals surface area contributed by atoms with Crippen molar-refractivity contribution in [2.75, 3.05) is 5.73 Å². The van der Waals surface area contributed by atoms with Crippen LogP contribution in [-0.2, 0) is 5.75 Å². The van der Waals surface area contributed by atoms with Gasteiger partial charge in [-0.2, -0.15) is 0 Å². The molecule has 3 rings (SSSR count). The third-order valence-electron chi connectivity index (χ3n) is 2.66. The van der Waals surface area contributed by atoms with E-state index in [4.69, 9.17) is 5.73 Å². The van der Waals surface area contributed by atoms with Gasteiger partial charge >= 0.3 is 0 Å².